The molecule has 0 saturated carbocycles. The van der Waals surface area contributed by atoms with Crippen LogP contribution in [0.5, 0.6) is 17.2 Å². The van der Waals surface area contributed by atoms with Crippen LogP contribution in [0.25, 0.3) is 11.3 Å². The van der Waals surface area contributed by atoms with Gasteiger partial charge in [-0.25, -0.2) is 0 Å². The van der Waals surface area contributed by atoms with Crippen LogP contribution < -0.4 is 9.47 Å². The molecular formula is C25H19NO5. The van der Waals surface area contributed by atoms with Crippen molar-refractivity contribution in [2.75, 3.05) is 7.11 Å². The zero-order chi connectivity index (χ0) is 21.2. The van der Waals surface area contributed by atoms with Gasteiger partial charge in [-0.05, 0) is 36.4 Å². The van der Waals surface area contributed by atoms with Gasteiger partial charge in [-0.2, -0.15) is 0 Å². The average molecular weight is 413 g/mol. The summed E-state index contributed by atoms with van der Waals surface area (Å²) in [7, 11) is 1.62. The molecular weight excluding hydrogens is 394 g/mol. The highest BCUT2D eigenvalue weighted by molar-refractivity contribution is 5.85. The molecule has 0 aliphatic carbocycles. The molecule has 4 aromatic rings. The number of ether oxygens (including phenoxy) is 3. The first kappa shape index (κ1) is 18.9. The maximum absolute atomic E-state index is 13.1. The minimum absolute atomic E-state index is 0.0141. The minimum atomic E-state index is -0.561. The molecule has 154 valence electrons. The summed E-state index contributed by atoms with van der Waals surface area (Å²) in [6.07, 6.45) is 0. The Morgan fingerprint density at radius 1 is 0.935 bits per heavy atom. The third-order valence-corrected chi connectivity index (χ3v) is 5.21. The van der Waals surface area contributed by atoms with Crippen LogP contribution in [0.15, 0.2) is 83.4 Å². The van der Waals surface area contributed by atoms with E-state index in [1.54, 1.807) is 13.2 Å². The Balaban J connectivity index is 1.34. The summed E-state index contributed by atoms with van der Waals surface area (Å²) in [6.45, 7) is 0.0141. The minimum Gasteiger partial charge on any atom is -0.497 e. The number of para-hydroxylation sites is 2. The van der Waals surface area contributed by atoms with Crippen LogP contribution in [0.2, 0.25) is 0 Å². The van der Waals surface area contributed by atoms with Gasteiger partial charge in [-0.1, -0.05) is 41.6 Å². The van der Waals surface area contributed by atoms with Crippen LogP contribution in [0.1, 0.15) is 22.7 Å². The summed E-state index contributed by atoms with van der Waals surface area (Å²) in [4.78, 5) is 13.1. The summed E-state index contributed by atoms with van der Waals surface area (Å²) in [5.74, 6) is 1.74. The molecule has 3 aromatic carbocycles. The Hall–Kier alpha value is -4.06. The molecule has 6 nitrogen and oxygen atoms in total. The smallest absolute Gasteiger partial charge is 0.318 e. The van der Waals surface area contributed by atoms with Crippen molar-refractivity contribution in [2.24, 2.45) is 0 Å². The number of fused-ring (bicyclic) bond motifs is 2. The number of benzene rings is 3. The van der Waals surface area contributed by atoms with Gasteiger partial charge in [0.15, 0.2) is 5.76 Å². The first-order valence-electron chi connectivity index (χ1n) is 9.85. The number of hydrogen-bond acceptors (Lipinski definition) is 6. The maximum atomic E-state index is 13.1. The number of esters is 1. The van der Waals surface area contributed by atoms with Gasteiger partial charge in [0.2, 0.25) is 0 Å². The molecule has 0 atom stereocenters. The van der Waals surface area contributed by atoms with Crippen LogP contribution in [0, 0.1) is 0 Å². The lowest BCUT2D eigenvalue weighted by molar-refractivity contribution is -0.146. The molecule has 6 heteroatoms. The second-order valence-electron chi connectivity index (χ2n) is 7.13. The van der Waals surface area contributed by atoms with Gasteiger partial charge >= 0.3 is 5.97 Å². The Morgan fingerprint density at radius 2 is 1.58 bits per heavy atom. The highest BCUT2D eigenvalue weighted by Gasteiger charge is 2.33. The van der Waals surface area contributed by atoms with Crippen LogP contribution in [-0.2, 0) is 16.1 Å². The van der Waals surface area contributed by atoms with Gasteiger partial charge in [0.05, 0.1) is 7.11 Å². The lowest BCUT2D eigenvalue weighted by Crippen LogP contribution is -2.21. The van der Waals surface area contributed by atoms with Gasteiger partial charge < -0.3 is 18.7 Å². The third-order valence-electron chi connectivity index (χ3n) is 5.21. The van der Waals surface area contributed by atoms with Crippen molar-refractivity contribution in [1.29, 1.82) is 0 Å². The lowest BCUT2D eigenvalue weighted by atomic mass is 9.88. The van der Waals surface area contributed by atoms with E-state index < -0.39 is 5.92 Å². The molecule has 0 amide bonds. The number of aromatic nitrogens is 1. The molecule has 0 saturated heterocycles. The van der Waals surface area contributed by atoms with E-state index in [0.29, 0.717) is 23.0 Å². The summed E-state index contributed by atoms with van der Waals surface area (Å²) >= 11 is 0. The van der Waals surface area contributed by atoms with Crippen molar-refractivity contribution in [3.63, 3.8) is 0 Å². The third kappa shape index (κ3) is 3.64. The van der Waals surface area contributed by atoms with E-state index in [0.717, 1.165) is 22.4 Å². The first-order valence-corrected chi connectivity index (χ1v) is 9.85. The fourth-order valence-corrected chi connectivity index (χ4v) is 3.66. The summed E-state index contributed by atoms with van der Waals surface area (Å²) in [5.41, 5.74) is 2.96. The van der Waals surface area contributed by atoms with E-state index in [1.165, 1.54) is 0 Å². The fraction of sp³-hybridized carbons (Fsp3) is 0.120. The maximum Gasteiger partial charge on any atom is 0.318 e. The van der Waals surface area contributed by atoms with Crippen molar-refractivity contribution in [2.45, 2.75) is 12.5 Å². The molecule has 0 unspecified atom stereocenters. The molecule has 0 radical (unpaired) electrons. The second-order valence-corrected chi connectivity index (χ2v) is 7.13. The van der Waals surface area contributed by atoms with Crippen molar-refractivity contribution in [3.05, 3.63) is 95.7 Å². The number of methoxy groups -OCH3 is 1. The molecule has 2 heterocycles. The standard InChI is InChI=1S/C25H19NO5/c1-28-18-12-10-16(11-13-18)23-14-17(26-31-23)15-29-25(27)24-19-6-2-4-8-21(19)30-22-9-5-3-7-20(22)24/h2-14,24H,15H2,1H3. The van der Waals surface area contributed by atoms with Crippen molar-refractivity contribution < 1.29 is 23.5 Å². The number of carbonyl (C=O) groups is 1. The van der Waals surface area contributed by atoms with E-state index >= 15 is 0 Å². The van der Waals surface area contributed by atoms with E-state index in [2.05, 4.69) is 5.16 Å². The number of nitrogens with zero attached hydrogens (tertiary/aromatic N) is 1. The first-order chi connectivity index (χ1) is 15.2. The molecule has 1 aliphatic rings. The van der Waals surface area contributed by atoms with Gasteiger partial charge in [0.1, 0.15) is 35.5 Å². The number of hydrogen-bond donors (Lipinski definition) is 0. The van der Waals surface area contributed by atoms with Gasteiger partial charge in [-0.15, -0.1) is 0 Å². The Kier molecular flexibility index (Phi) is 4.88. The molecule has 1 aromatic heterocycles. The number of carbonyl (C=O) groups excluding carboxylic acids is 1. The Morgan fingerprint density at radius 3 is 2.23 bits per heavy atom. The molecule has 0 bridgehead atoms. The molecule has 0 N–H and O–H groups in total. The molecule has 0 fully saturated rings. The predicted molar refractivity (Wildman–Crippen MR) is 113 cm³/mol. The lowest BCUT2D eigenvalue weighted by Gasteiger charge is -2.26. The van der Waals surface area contributed by atoms with Crippen LogP contribution >= 0.6 is 0 Å². The van der Waals surface area contributed by atoms with Crippen molar-refractivity contribution >= 4 is 5.97 Å². The topological polar surface area (TPSA) is 70.8 Å². The summed E-state index contributed by atoms with van der Waals surface area (Å²) in [5, 5.41) is 4.03. The fourth-order valence-electron chi connectivity index (χ4n) is 3.66. The van der Waals surface area contributed by atoms with E-state index in [1.807, 2.05) is 72.8 Å². The van der Waals surface area contributed by atoms with Crippen LogP contribution in [0.3, 0.4) is 0 Å². The van der Waals surface area contributed by atoms with Crippen LogP contribution in [0.4, 0.5) is 0 Å². The van der Waals surface area contributed by atoms with Crippen LogP contribution in [-0.4, -0.2) is 18.2 Å². The Labute approximate surface area is 179 Å². The quantitative estimate of drug-likeness (QED) is 0.412. The van der Waals surface area contributed by atoms with Crippen molar-refractivity contribution in [3.8, 4) is 28.6 Å². The average Bonchev–Trinajstić information content (AvgIpc) is 3.30. The van der Waals surface area contributed by atoms with Gasteiger partial charge in [0, 0.05) is 22.8 Å². The monoisotopic (exact) mass is 413 g/mol. The summed E-state index contributed by atoms with van der Waals surface area (Å²) in [6, 6.07) is 24.2. The van der Waals surface area contributed by atoms with Gasteiger partial charge in [0.25, 0.3) is 0 Å². The van der Waals surface area contributed by atoms with E-state index in [-0.39, 0.29) is 12.6 Å². The molecule has 5 rings (SSSR count). The number of rotatable bonds is 5. The normalized spacial score (nSPS) is 12.4. The van der Waals surface area contributed by atoms with Gasteiger partial charge in [-0.3, -0.25) is 4.79 Å². The largest absolute Gasteiger partial charge is 0.497 e. The highest BCUT2D eigenvalue weighted by Crippen LogP contribution is 2.44. The SMILES string of the molecule is COc1ccc(-c2cc(COC(=O)C3c4ccccc4Oc4ccccc43)no2)cc1. The summed E-state index contributed by atoms with van der Waals surface area (Å²) < 4.78 is 22.2. The second kappa shape index (κ2) is 7.99. The zero-order valence-electron chi connectivity index (χ0n) is 16.8. The van der Waals surface area contributed by atoms with E-state index in [9.17, 15) is 4.79 Å². The predicted octanol–water partition coefficient (Wildman–Crippen LogP) is 5.33. The Bertz CT molecular complexity index is 1180. The molecule has 1 aliphatic heterocycles. The molecule has 0 spiro atoms. The van der Waals surface area contributed by atoms with Crippen molar-refractivity contribution in [1.82, 2.24) is 5.16 Å². The zero-order valence-corrected chi connectivity index (χ0v) is 16.8. The highest BCUT2D eigenvalue weighted by atomic mass is 16.5. The van der Waals surface area contributed by atoms with E-state index in [4.69, 9.17) is 18.7 Å². The molecule has 31 heavy (non-hydrogen) atoms.